The standard InChI is InChI=1S/C15H19NO3/c1-3-18-14-9-5-4-8-13(14)16-15(17)12-7-6-10-19-11(12)2/h4-5,7-9,11H,3,6,10H2,1-2H3,(H,16,17). The average Bonchev–Trinajstić information content (AvgIpc) is 2.41. The van der Waals surface area contributed by atoms with Crippen LogP contribution in [0.4, 0.5) is 5.69 Å². The number of hydrogen-bond donors (Lipinski definition) is 1. The number of anilines is 1. The summed E-state index contributed by atoms with van der Waals surface area (Å²) in [5.41, 5.74) is 1.37. The van der Waals surface area contributed by atoms with E-state index in [4.69, 9.17) is 9.47 Å². The van der Waals surface area contributed by atoms with Crippen LogP contribution in [0.5, 0.6) is 5.75 Å². The summed E-state index contributed by atoms with van der Waals surface area (Å²) in [4.78, 5) is 12.2. The van der Waals surface area contributed by atoms with E-state index >= 15 is 0 Å². The van der Waals surface area contributed by atoms with Gasteiger partial charge in [-0.05, 0) is 32.4 Å². The van der Waals surface area contributed by atoms with Crippen molar-refractivity contribution in [2.45, 2.75) is 26.4 Å². The van der Waals surface area contributed by atoms with Crippen LogP contribution in [0, 0.1) is 0 Å². The molecule has 0 spiro atoms. The van der Waals surface area contributed by atoms with Crippen molar-refractivity contribution in [2.24, 2.45) is 0 Å². The van der Waals surface area contributed by atoms with Gasteiger partial charge in [0, 0.05) is 5.57 Å². The molecule has 1 aliphatic rings. The summed E-state index contributed by atoms with van der Waals surface area (Å²) in [6.45, 7) is 5.04. The van der Waals surface area contributed by atoms with E-state index in [2.05, 4.69) is 5.32 Å². The van der Waals surface area contributed by atoms with Gasteiger partial charge in [-0.3, -0.25) is 4.79 Å². The van der Waals surface area contributed by atoms with Crippen LogP contribution in [0.3, 0.4) is 0 Å². The Labute approximate surface area is 113 Å². The number of amides is 1. The van der Waals surface area contributed by atoms with Crippen LogP contribution in [-0.2, 0) is 9.53 Å². The van der Waals surface area contributed by atoms with Crippen LogP contribution in [0.25, 0.3) is 0 Å². The molecule has 1 heterocycles. The molecule has 0 saturated heterocycles. The van der Waals surface area contributed by atoms with Gasteiger partial charge in [0.25, 0.3) is 5.91 Å². The molecule has 0 bridgehead atoms. The normalized spacial score (nSPS) is 18.6. The highest BCUT2D eigenvalue weighted by Crippen LogP contribution is 2.25. The summed E-state index contributed by atoms with van der Waals surface area (Å²) >= 11 is 0. The van der Waals surface area contributed by atoms with Crippen LogP contribution >= 0.6 is 0 Å². The molecule has 4 nitrogen and oxygen atoms in total. The molecule has 4 heteroatoms. The number of para-hydroxylation sites is 2. The van der Waals surface area contributed by atoms with Crippen molar-refractivity contribution in [3.8, 4) is 5.75 Å². The van der Waals surface area contributed by atoms with Crippen molar-refractivity contribution in [1.29, 1.82) is 0 Å². The molecule has 0 radical (unpaired) electrons. The Hall–Kier alpha value is -1.81. The molecule has 1 aromatic rings. The van der Waals surface area contributed by atoms with Gasteiger partial charge >= 0.3 is 0 Å². The highest BCUT2D eigenvalue weighted by molar-refractivity contribution is 6.05. The Balaban J connectivity index is 2.12. The second-order valence-electron chi connectivity index (χ2n) is 4.34. The van der Waals surface area contributed by atoms with Crippen molar-refractivity contribution >= 4 is 11.6 Å². The fraction of sp³-hybridized carbons (Fsp3) is 0.400. The van der Waals surface area contributed by atoms with E-state index in [9.17, 15) is 4.79 Å². The number of benzene rings is 1. The summed E-state index contributed by atoms with van der Waals surface area (Å²) in [6.07, 6.45) is 2.56. The Morgan fingerprint density at radius 2 is 2.26 bits per heavy atom. The first-order chi connectivity index (χ1) is 9.22. The number of rotatable bonds is 4. The molecule has 0 fully saturated rings. The summed E-state index contributed by atoms with van der Waals surface area (Å²) < 4.78 is 11.0. The van der Waals surface area contributed by atoms with Crippen LogP contribution in [-0.4, -0.2) is 25.2 Å². The molecule has 102 valence electrons. The molecular formula is C15H19NO3. The molecule has 19 heavy (non-hydrogen) atoms. The highest BCUT2D eigenvalue weighted by atomic mass is 16.5. The SMILES string of the molecule is CCOc1ccccc1NC(=O)C1=CCCOC1C. The Bertz CT molecular complexity index is 482. The van der Waals surface area contributed by atoms with Crippen molar-refractivity contribution in [1.82, 2.24) is 0 Å². The van der Waals surface area contributed by atoms with Crippen LogP contribution in [0.1, 0.15) is 20.3 Å². The number of hydrogen-bond acceptors (Lipinski definition) is 3. The Kier molecular flexibility index (Phi) is 4.58. The smallest absolute Gasteiger partial charge is 0.253 e. The van der Waals surface area contributed by atoms with Gasteiger partial charge in [-0.2, -0.15) is 0 Å². The zero-order valence-electron chi connectivity index (χ0n) is 11.3. The third-order valence-electron chi connectivity index (χ3n) is 2.99. The van der Waals surface area contributed by atoms with Gasteiger partial charge in [0.2, 0.25) is 0 Å². The zero-order chi connectivity index (χ0) is 13.7. The van der Waals surface area contributed by atoms with Crippen molar-refractivity contribution in [3.63, 3.8) is 0 Å². The van der Waals surface area contributed by atoms with Crippen molar-refractivity contribution in [2.75, 3.05) is 18.5 Å². The zero-order valence-corrected chi connectivity index (χ0v) is 11.3. The van der Waals surface area contributed by atoms with Crippen molar-refractivity contribution in [3.05, 3.63) is 35.9 Å². The lowest BCUT2D eigenvalue weighted by Gasteiger charge is -2.21. The number of carbonyl (C=O) groups excluding carboxylic acids is 1. The van der Waals surface area contributed by atoms with Gasteiger partial charge in [0.15, 0.2) is 0 Å². The van der Waals surface area contributed by atoms with Gasteiger partial charge in [0.1, 0.15) is 5.75 Å². The first-order valence-corrected chi connectivity index (χ1v) is 6.57. The van der Waals surface area contributed by atoms with Crippen LogP contribution in [0.2, 0.25) is 0 Å². The maximum Gasteiger partial charge on any atom is 0.253 e. The van der Waals surface area contributed by atoms with Crippen molar-refractivity contribution < 1.29 is 14.3 Å². The fourth-order valence-corrected chi connectivity index (χ4v) is 2.04. The molecule has 1 unspecified atom stereocenters. The summed E-state index contributed by atoms with van der Waals surface area (Å²) in [7, 11) is 0. The fourth-order valence-electron chi connectivity index (χ4n) is 2.04. The summed E-state index contributed by atoms with van der Waals surface area (Å²) in [5.74, 6) is 0.558. The molecule has 0 saturated carbocycles. The maximum absolute atomic E-state index is 12.2. The van der Waals surface area contributed by atoms with E-state index in [0.29, 0.717) is 30.2 Å². The molecule has 1 aromatic carbocycles. The average molecular weight is 261 g/mol. The topological polar surface area (TPSA) is 47.6 Å². The minimum atomic E-state index is -0.159. The minimum Gasteiger partial charge on any atom is -0.492 e. The maximum atomic E-state index is 12.2. The quantitative estimate of drug-likeness (QED) is 0.906. The lowest BCUT2D eigenvalue weighted by molar-refractivity contribution is -0.114. The lowest BCUT2D eigenvalue weighted by atomic mass is 10.1. The van der Waals surface area contributed by atoms with Gasteiger partial charge < -0.3 is 14.8 Å². The third kappa shape index (κ3) is 3.35. The van der Waals surface area contributed by atoms with Gasteiger partial charge in [-0.1, -0.05) is 18.2 Å². The predicted octanol–water partition coefficient (Wildman–Crippen LogP) is 2.76. The van der Waals surface area contributed by atoms with Crippen LogP contribution in [0.15, 0.2) is 35.9 Å². The molecule has 1 N–H and O–H groups in total. The van der Waals surface area contributed by atoms with Gasteiger partial charge in [-0.25, -0.2) is 0 Å². The Morgan fingerprint density at radius 3 is 3.00 bits per heavy atom. The van der Waals surface area contributed by atoms with Gasteiger partial charge in [0.05, 0.1) is 25.0 Å². The second kappa shape index (κ2) is 6.38. The molecule has 0 aromatic heterocycles. The van der Waals surface area contributed by atoms with E-state index in [0.717, 1.165) is 6.42 Å². The lowest BCUT2D eigenvalue weighted by Crippen LogP contribution is -2.27. The van der Waals surface area contributed by atoms with E-state index in [-0.39, 0.29) is 12.0 Å². The molecule has 1 amide bonds. The van der Waals surface area contributed by atoms with E-state index < -0.39 is 0 Å². The second-order valence-corrected chi connectivity index (χ2v) is 4.34. The molecule has 1 aliphatic heterocycles. The van der Waals surface area contributed by atoms with E-state index in [1.54, 1.807) is 0 Å². The number of ether oxygens (including phenoxy) is 2. The molecule has 1 atom stereocenters. The minimum absolute atomic E-state index is 0.126. The number of carbonyl (C=O) groups is 1. The summed E-state index contributed by atoms with van der Waals surface area (Å²) in [6, 6.07) is 7.42. The molecular weight excluding hydrogens is 242 g/mol. The molecule has 2 rings (SSSR count). The van der Waals surface area contributed by atoms with Crippen LogP contribution < -0.4 is 10.1 Å². The predicted molar refractivity (Wildman–Crippen MR) is 74.4 cm³/mol. The monoisotopic (exact) mass is 261 g/mol. The Morgan fingerprint density at radius 1 is 1.47 bits per heavy atom. The first kappa shape index (κ1) is 13.6. The molecule has 0 aliphatic carbocycles. The van der Waals surface area contributed by atoms with Gasteiger partial charge in [-0.15, -0.1) is 0 Å². The first-order valence-electron chi connectivity index (χ1n) is 6.57. The van der Waals surface area contributed by atoms with E-state index in [1.165, 1.54) is 0 Å². The highest BCUT2D eigenvalue weighted by Gasteiger charge is 2.21. The summed E-state index contributed by atoms with van der Waals surface area (Å²) in [5, 5.41) is 2.88. The number of nitrogens with one attached hydrogen (secondary N) is 1. The van der Waals surface area contributed by atoms with E-state index in [1.807, 2.05) is 44.2 Å². The third-order valence-corrected chi connectivity index (χ3v) is 2.99. The largest absolute Gasteiger partial charge is 0.492 e.